The normalized spacial score (nSPS) is 30.6. The van der Waals surface area contributed by atoms with Crippen molar-refractivity contribution in [2.45, 2.75) is 76.3 Å². The van der Waals surface area contributed by atoms with Crippen molar-refractivity contribution in [3.05, 3.63) is 0 Å². The van der Waals surface area contributed by atoms with E-state index in [0.29, 0.717) is 0 Å². The van der Waals surface area contributed by atoms with Crippen molar-refractivity contribution in [2.24, 2.45) is 0 Å². The van der Waals surface area contributed by atoms with Crippen LogP contribution in [0.2, 0.25) is 0 Å². The van der Waals surface area contributed by atoms with Crippen molar-refractivity contribution in [2.75, 3.05) is 13.1 Å². The van der Waals surface area contributed by atoms with Crippen LogP contribution in [-0.4, -0.2) is 42.3 Å². The molecule has 0 aromatic carbocycles. The van der Waals surface area contributed by atoms with Crippen LogP contribution in [0.25, 0.3) is 0 Å². The summed E-state index contributed by atoms with van der Waals surface area (Å²) in [5.41, 5.74) is 0. The van der Waals surface area contributed by atoms with Gasteiger partial charge < -0.3 is 9.62 Å². The topological polar surface area (TPSA) is 6.48 Å². The summed E-state index contributed by atoms with van der Waals surface area (Å²) in [6, 6.07) is 1.75. The fourth-order valence-electron chi connectivity index (χ4n) is 3.92. The van der Waals surface area contributed by atoms with E-state index >= 15 is 0 Å². The monoisotopic (exact) mass is 233 g/mol. The van der Waals surface area contributed by atoms with Crippen molar-refractivity contribution in [3.63, 3.8) is 0 Å². The summed E-state index contributed by atoms with van der Waals surface area (Å²) in [5.74, 6) is 0. The van der Waals surface area contributed by atoms with Crippen molar-refractivity contribution in [1.29, 1.82) is 0 Å². The van der Waals surface area contributed by atoms with Gasteiger partial charge in [0.25, 0.3) is 0 Å². The van der Waals surface area contributed by atoms with Crippen molar-refractivity contribution < 1.29 is 0 Å². The molecule has 3 fully saturated rings. The molecule has 0 unspecified atom stereocenters. The third-order valence-corrected chi connectivity index (χ3v) is 5.00. The fourth-order valence-corrected chi connectivity index (χ4v) is 3.92. The van der Waals surface area contributed by atoms with E-state index in [4.69, 9.17) is 0 Å². The molecular formula is C14H26BN2. The molecule has 0 spiro atoms. The van der Waals surface area contributed by atoms with Gasteiger partial charge in [0.1, 0.15) is 0 Å². The molecule has 2 aliphatic carbocycles. The molecule has 1 heterocycles. The Balaban J connectivity index is 1.50. The molecule has 0 amide bonds. The molecule has 2 saturated carbocycles. The largest absolute Gasteiger partial charge is 0.328 e. The number of rotatable bonds is 2. The Morgan fingerprint density at radius 3 is 1.41 bits per heavy atom. The highest BCUT2D eigenvalue weighted by atomic mass is 15.3. The molecule has 95 valence electrons. The minimum Gasteiger partial charge on any atom is -0.328 e. The zero-order valence-electron chi connectivity index (χ0n) is 11.1. The van der Waals surface area contributed by atoms with E-state index in [1.165, 1.54) is 77.3 Å². The van der Waals surface area contributed by atoms with Crippen LogP contribution in [0, 0.1) is 0 Å². The first-order chi connectivity index (χ1) is 8.43. The summed E-state index contributed by atoms with van der Waals surface area (Å²) >= 11 is 0. The van der Waals surface area contributed by atoms with Crippen molar-refractivity contribution in [1.82, 2.24) is 9.62 Å². The van der Waals surface area contributed by atoms with Gasteiger partial charge in [-0.1, -0.05) is 38.5 Å². The van der Waals surface area contributed by atoms with E-state index in [1.807, 2.05) is 0 Å². The van der Waals surface area contributed by atoms with E-state index in [0.717, 1.165) is 12.1 Å². The Morgan fingerprint density at radius 1 is 0.588 bits per heavy atom. The molecule has 0 aromatic heterocycles. The summed E-state index contributed by atoms with van der Waals surface area (Å²) in [4.78, 5) is 5.32. The van der Waals surface area contributed by atoms with Crippen molar-refractivity contribution in [3.8, 4) is 0 Å². The highest BCUT2D eigenvalue weighted by Crippen LogP contribution is 2.27. The molecule has 1 aliphatic heterocycles. The lowest BCUT2D eigenvalue weighted by Crippen LogP contribution is -2.42. The molecular weight excluding hydrogens is 207 g/mol. The maximum Gasteiger partial charge on any atom is 0.313 e. The predicted octanol–water partition coefficient (Wildman–Crippen LogP) is 2.80. The molecule has 3 aliphatic rings. The molecule has 0 bridgehead atoms. The van der Waals surface area contributed by atoms with Gasteiger partial charge in [-0.25, -0.2) is 0 Å². The standard InChI is InChI=1S/C14H26BN2/c1-3-7-13(8-4-1)16-11-12-17(15-16)14-9-5-2-6-10-14/h13-14H,1-12H2. The first-order valence-electron chi connectivity index (χ1n) is 7.80. The van der Waals surface area contributed by atoms with E-state index in [1.54, 1.807) is 0 Å². The number of nitrogens with zero attached hydrogens (tertiary/aromatic N) is 2. The van der Waals surface area contributed by atoms with Gasteiger partial charge in [-0.05, 0) is 37.8 Å². The van der Waals surface area contributed by atoms with Crippen LogP contribution in [0.4, 0.5) is 0 Å². The van der Waals surface area contributed by atoms with E-state index < -0.39 is 0 Å². The molecule has 2 nitrogen and oxygen atoms in total. The minimum absolute atomic E-state index is 0.873. The van der Waals surface area contributed by atoms with Gasteiger partial charge >= 0.3 is 7.55 Å². The molecule has 17 heavy (non-hydrogen) atoms. The van der Waals surface area contributed by atoms with Crippen molar-refractivity contribution >= 4 is 7.55 Å². The second-order valence-corrected chi connectivity index (χ2v) is 6.17. The van der Waals surface area contributed by atoms with Crippen LogP contribution in [-0.2, 0) is 0 Å². The van der Waals surface area contributed by atoms with Crippen LogP contribution >= 0.6 is 0 Å². The van der Waals surface area contributed by atoms with Gasteiger partial charge in [0.2, 0.25) is 0 Å². The van der Waals surface area contributed by atoms with Gasteiger partial charge in [0.05, 0.1) is 0 Å². The smallest absolute Gasteiger partial charge is 0.313 e. The minimum atomic E-state index is 0.873. The lowest BCUT2D eigenvalue weighted by Gasteiger charge is -2.33. The molecule has 3 rings (SSSR count). The summed E-state index contributed by atoms with van der Waals surface area (Å²) in [5, 5.41) is 0. The summed E-state index contributed by atoms with van der Waals surface area (Å²) in [7, 11) is 2.49. The first-order valence-corrected chi connectivity index (χ1v) is 7.80. The quantitative estimate of drug-likeness (QED) is 0.677. The maximum atomic E-state index is 2.66. The Morgan fingerprint density at radius 2 is 1.00 bits per heavy atom. The summed E-state index contributed by atoms with van der Waals surface area (Å²) in [6.45, 7) is 2.59. The van der Waals surface area contributed by atoms with Gasteiger partial charge in [-0.15, -0.1) is 0 Å². The van der Waals surface area contributed by atoms with Crippen LogP contribution in [0.15, 0.2) is 0 Å². The Bertz CT molecular complexity index is 210. The zero-order valence-corrected chi connectivity index (χ0v) is 11.1. The number of hydrogen-bond donors (Lipinski definition) is 0. The first kappa shape index (κ1) is 12.0. The Hall–Kier alpha value is -0.0151. The molecule has 0 aromatic rings. The van der Waals surface area contributed by atoms with Gasteiger partial charge in [-0.2, -0.15) is 0 Å². The maximum absolute atomic E-state index is 2.66. The van der Waals surface area contributed by atoms with Crippen LogP contribution in [0.3, 0.4) is 0 Å². The Kier molecular flexibility index (Phi) is 4.07. The van der Waals surface area contributed by atoms with Gasteiger partial charge in [0, 0.05) is 13.1 Å². The highest BCUT2D eigenvalue weighted by molar-refractivity contribution is 6.29. The molecule has 1 radical (unpaired) electrons. The average Bonchev–Trinajstić information content (AvgIpc) is 2.90. The third kappa shape index (κ3) is 2.87. The van der Waals surface area contributed by atoms with Crippen LogP contribution in [0.5, 0.6) is 0 Å². The molecule has 0 atom stereocenters. The van der Waals surface area contributed by atoms with Crippen LogP contribution in [0.1, 0.15) is 64.2 Å². The SMILES string of the molecule is [B]1N(C2CCCCC2)CCN1C1CCCCC1. The molecule has 0 N–H and O–H groups in total. The van der Waals surface area contributed by atoms with Gasteiger partial charge in [0.15, 0.2) is 0 Å². The number of hydrogen-bond acceptors (Lipinski definition) is 2. The average molecular weight is 233 g/mol. The second-order valence-electron chi connectivity index (χ2n) is 6.17. The Labute approximate surface area is 107 Å². The molecule has 1 saturated heterocycles. The van der Waals surface area contributed by atoms with E-state index in [-0.39, 0.29) is 0 Å². The van der Waals surface area contributed by atoms with E-state index in [2.05, 4.69) is 17.2 Å². The van der Waals surface area contributed by atoms with Crippen LogP contribution < -0.4 is 0 Å². The van der Waals surface area contributed by atoms with E-state index in [9.17, 15) is 0 Å². The second kappa shape index (κ2) is 5.75. The summed E-state index contributed by atoms with van der Waals surface area (Å²) < 4.78 is 0. The lowest BCUT2D eigenvalue weighted by molar-refractivity contribution is 0.270. The summed E-state index contributed by atoms with van der Waals surface area (Å²) in [6.07, 6.45) is 14.5. The zero-order chi connectivity index (χ0) is 11.5. The fraction of sp³-hybridized carbons (Fsp3) is 1.00. The lowest BCUT2D eigenvalue weighted by atomic mass is 9.88. The highest BCUT2D eigenvalue weighted by Gasteiger charge is 2.33. The van der Waals surface area contributed by atoms with Gasteiger partial charge in [-0.3, -0.25) is 0 Å². The third-order valence-electron chi connectivity index (χ3n) is 5.00. The predicted molar refractivity (Wildman–Crippen MR) is 72.9 cm³/mol. The molecule has 3 heteroatoms.